The molecule has 1 nitrogen and oxygen atoms in total. The van der Waals surface area contributed by atoms with Crippen LogP contribution < -0.4 is 5.32 Å². The maximum Gasteiger partial charge on any atom is 0.00382 e. The van der Waals surface area contributed by atoms with Gasteiger partial charge in [0.1, 0.15) is 0 Å². The molecule has 0 fully saturated rings. The third-order valence-electron chi connectivity index (χ3n) is 1.95. The van der Waals surface area contributed by atoms with Gasteiger partial charge in [-0.2, -0.15) is 0 Å². The summed E-state index contributed by atoms with van der Waals surface area (Å²) >= 11 is 0. The average molecular weight is 129 g/mol. The second-order valence-corrected chi connectivity index (χ2v) is 2.94. The van der Waals surface area contributed by atoms with Gasteiger partial charge in [-0.1, -0.05) is 20.3 Å². The van der Waals surface area contributed by atoms with Crippen molar-refractivity contribution in [3.8, 4) is 0 Å². The highest BCUT2D eigenvalue weighted by Gasteiger charge is 2.02. The van der Waals surface area contributed by atoms with Crippen LogP contribution in [0.5, 0.6) is 0 Å². The van der Waals surface area contributed by atoms with E-state index in [-0.39, 0.29) is 0 Å². The lowest BCUT2D eigenvalue weighted by atomic mass is 10.0. The Bertz CT molecular complexity index is 53.6. The van der Waals surface area contributed by atoms with Gasteiger partial charge in [-0.15, -0.1) is 0 Å². The summed E-state index contributed by atoms with van der Waals surface area (Å²) in [5, 5.41) is 3.23. The summed E-state index contributed by atoms with van der Waals surface area (Å²) in [6.45, 7) is 6.77. The summed E-state index contributed by atoms with van der Waals surface area (Å²) in [7, 11) is 2.02. The van der Waals surface area contributed by atoms with E-state index in [1.54, 1.807) is 0 Å². The van der Waals surface area contributed by atoms with Crippen molar-refractivity contribution in [3.05, 3.63) is 0 Å². The lowest BCUT2D eigenvalue weighted by molar-refractivity contribution is 0.432. The van der Waals surface area contributed by atoms with Crippen molar-refractivity contribution in [2.75, 3.05) is 7.05 Å². The van der Waals surface area contributed by atoms with Crippen LogP contribution in [0.1, 0.15) is 33.6 Å². The van der Waals surface area contributed by atoms with Crippen LogP contribution in [-0.4, -0.2) is 13.1 Å². The van der Waals surface area contributed by atoms with Gasteiger partial charge in [0.15, 0.2) is 0 Å². The second kappa shape index (κ2) is 4.80. The van der Waals surface area contributed by atoms with Gasteiger partial charge in [0.05, 0.1) is 0 Å². The first kappa shape index (κ1) is 8.96. The minimum absolute atomic E-state index is 0.681. The van der Waals surface area contributed by atoms with Gasteiger partial charge >= 0.3 is 0 Å². The van der Waals surface area contributed by atoms with Gasteiger partial charge in [-0.25, -0.2) is 0 Å². The minimum Gasteiger partial charge on any atom is -0.317 e. The van der Waals surface area contributed by atoms with Crippen molar-refractivity contribution in [2.45, 2.75) is 39.7 Å². The van der Waals surface area contributed by atoms with Crippen molar-refractivity contribution in [3.63, 3.8) is 0 Å². The molecule has 0 spiro atoms. The van der Waals surface area contributed by atoms with Gasteiger partial charge in [0.25, 0.3) is 0 Å². The summed E-state index contributed by atoms with van der Waals surface area (Å²) < 4.78 is 0. The van der Waals surface area contributed by atoms with Crippen LogP contribution in [0.25, 0.3) is 0 Å². The maximum atomic E-state index is 3.23. The fraction of sp³-hybridized carbons (Fsp3) is 1.00. The van der Waals surface area contributed by atoms with Gasteiger partial charge in [0, 0.05) is 6.04 Å². The zero-order valence-corrected chi connectivity index (χ0v) is 7.07. The van der Waals surface area contributed by atoms with Gasteiger partial charge in [-0.05, 0) is 26.3 Å². The molecule has 0 radical (unpaired) electrons. The Kier molecular flexibility index (Phi) is 4.78. The molecule has 2 atom stereocenters. The molecule has 0 bridgehead atoms. The highest BCUT2D eigenvalue weighted by molar-refractivity contribution is 4.60. The standard InChI is InChI=1S/C8H19N/c1-5-7(2)6-8(3)9-4/h7-9H,5-6H2,1-4H3/t7?,8-/m0/s1. The van der Waals surface area contributed by atoms with Gasteiger partial charge < -0.3 is 5.32 Å². The molecule has 0 aliphatic carbocycles. The van der Waals surface area contributed by atoms with E-state index in [9.17, 15) is 0 Å². The van der Waals surface area contributed by atoms with E-state index in [0.29, 0.717) is 6.04 Å². The first-order valence-electron chi connectivity index (χ1n) is 3.88. The molecule has 0 aliphatic heterocycles. The molecule has 0 rings (SSSR count). The molecule has 1 unspecified atom stereocenters. The quantitative estimate of drug-likeness (QED) is 0.612. The first-order valence-corrected chi connectivity index (χ1v) is 3.88. The maximum absolute atomic E-state index is 3.23. The fourth-order valence-electron chi connectivity index (χ4n) is 0.888. The molecule has 1 heteroatoms. The monoisotopic (exact) mass is 129 g/mol. The third kappa shape index (κ3) is 4.46. The predicted molar refractivity (Wildman–Crippen MR) is 42.6 cm³/mol. The first-order chi connectivity index (χ1) is 4.20. The number of nitrogens with one attached hydrogen (secondary N) is 1. The number of hydrogen-bond acceptors (Lipinski definition) is 1. The summed E-state index contributed by atoms with van der Waals surface area (Å²) in [4.78, 5) is 0. The van der Waals surface area contributed by atoms with Crippen LogP contribution in [0.4, 0.5) is 0 Å². The van der Waals surface area contributed by atoms with Crippen LogP contribution in [0.3, 0.4) is 0 Å². The normalized spacial score (nSPS) is 17.3. The number of hydrogen-bond donors (Lipinski definition) is 1. The molecule has 9 heavy (non-hydrogen) atoms. The van der Waals surface area contributed by atoms with E-state index in [0.717, 1.165) is 5.92 Å². The van der Waals surface area contributed by atoms with Gasteiger partial charge in [0.2, 0.25) is 0 Å². The minimum atomic E-state index is 0.681. The second-order valence-electron chi connectivity index (χ2n) is 2.94. The molecule has 0 heterocycles. The molecule has 0 aromatic heterocycles. The average Bonchev–Trinajstić information content (AvgIpc) is 1.87. The predicted octanol–water partition coefficient (Wildman–Crippen LogP) is 2.03. The Morgan fingerprint density at radius 3 is 2.22 bits per heavy atom. The SMILES string of the molecule is CCC(C)C[C@H](C)NC. The van der Waals surface area contributed by atoms with Crippen molar-refractivity contribution in [2.24, 2.45) is 5.92 Å². The van der Waals surface area contributed by atoms with Crippen molar-refractivity contribution in [1.29, 1.82) is 0 Å². The van der Waals surface area contributed by atoms with E-state index in [4.69, 9.17) is 0 Å². The third-order valence-corrected chi connectivity index (χ3v) is 1.95. The molecule has 0 aromatic rings. The molecule has 1 N–H and O–H groups in total. The van der Waals surface area contributed by atoms with Crippen LogP contribution >= 0.6 is 0 Å². The van der Waals surface area contributed by atoms with E-state index in [1.165, 1.54) is 12.8 Å². The molecular weight excluding hydrogens is 110 g/mol. The van der Waals surface area contributed by atoms with E-state index >= 15 is 0 Å². The highest BCUT2D eigenvalue weighted by Crippen LogP contribution is 2.08. The lowest BCUT2D eigenvalue weighted by Crippen LogP contribution is -2.23. The van der Waals surface area contributed by atoms with Crippen LogP contribution in [0.2, 0.25) is 0 Å². The largest absolute Gasteiger partial charge is 0.317 e. The summed E-state index contributed by atoms with van der Waals surface area (Å²) in [5.74, 6) is 0.868. The van der Waals surface area contributed by atoms with Crippen molar-refractivity contribution in [1.82, 2.24) is 5.32 Å². The summed E-state index contributed by atoms with van der Waals surface area (Å²) in [6, 6.07) is 0.681. The molecular formula is C8H19N. The zero-order valence-electron chi connectivity index (χ0n) is 7.07. The van der Waals surface area contributed by atoms with Crippen LogP contribution in [0.15, 0.2) is 0 Å². The molecule has 0 aromatic carbocycles. The Balaban J connectivity index is 3.22. The fourth-order valence-corrected chi connectivity index (χ4v) is 0.888. The summed E-state index contributed by atoms with van der Waals surface area (Å²) in [6.07, 6.45) is 2.60. The van der Waals surface area contributed by atoms with Crippen molar-refractivity contribution >= 4 is 0 Å². The molecule has 0 saturated carbocycles. The Morgan fingerprint density at radius 2 is 1.89 bits per heavy atom. The van der Waals surface area contributed by atoms with E-state index in [2.05, 4.69) is 26.1 Å². The molecule has 0 amide bonds. The van der Waals surface area contributed by atoms with Crippen LogP contribution in [-0.2, 0) is 0 Å². The molecule has 0 saturated heterocycles. The lowest BCUT2D eigenvalue weighted by Gasteiger charge is -2.14. The Morgan fingerprint density at radius 1 is 1.33 bits per heavy atom. The van der Waals surface area contributed by atoms with E-state index in [1.807, 2.05) is 7.05 Å². The Labute approximate surface area is 58.8 Å². The Hall–Kier alpha value is -0.0400. The van der Waals surface area contributed by atoms with E-state index < -0.39 is 0 Å². The topological polar surface area (TPSA) is 12.0 Å². The smallest absolute Gasteiger partial charge is 0.00382 e. The zero-order chi connectivity index (χ0) is 7.28. The summed E-state index contributed by atoms with van der Waals surface area (Å²) in [5.41, 5.74) is 0. The van der Waals surface area contributed by atoms with Gasteiger partial charge in [-0.3, -0.25) is 0 Å². The highest BCUT2D eigenvalue weighted by atomic mass is 14.8. The molecule has 0 aliphatic rings. The number of rotatable bonds is 4. The van der Waals surface area contributed by atoms with Crippen LogP contribution in [0, 0.1) is 5.92 Å². The van der Waals surface area contributed by atoms with Crippen molar-refractivity contribution < 1.29 is 0 Å². The molecule has 56 valence electrons.